The molecule has 0 amide bonds. The van der Waals surface area contributed by atoms with E-state index in [9.17, 15) is 19.4 Å². The summed E-state index contributed by atoms with van der Waals surface area (Å²) >= 11 is 0. The summed E-state index contributed by atoms with van der Waals surface area (Å²) in [4.78, 5) is 15.8. The molecule has 0 unspecified atom stereocenters. The van der Waals surface area contributed by atoms with Crippen molar-refractivity contribution in [2.45, 2.75) is 11.7 Å². The number of benzene rings is 2. The Hall–Kier alpha value is -3.20. The number of rotatable bonds is 5. The molecular formula is C22H19FN2O5. The molecule has 8 heteroatoms. The highest BCUT2D eigenvalue weighted by Gasteiger charge is 2.43. The van der Waals surface area contributed by atoms with Gasteiger partial charge < -0.3 is 19.4 Å². The molecular weight excluding hydrogens is 391 g/mol. The van der Waals surface area contributed by atoms with Gasteiger partial charge in [-0.3, -0.25) is 9.88 Å². The SMILES string of the molecule is O=c1[nH]c2ccc([C@H](O)CN3CC4=CC(Oc5ccccc5F)=C[C@@]4(O)C3)cc2o1. The fraction of sp³-hybridized carbons (Fsp3) is 0.227. The number of hydrogen-bond acceptors (Lipinski definition) is 6. The fourth-order valence-electron chi connectivity index (χ4n) is 4.00. The molecule has 1 aromatic heterocycles. The molecule has 5 rings (SSSR count). The number of hydrogen-bond donors (Lipinski definition) is 3. The van der Waals surface area contributed by atoms with E-state index in [1.807, 2.05) is 4.90 Å². The molecule has 0 saturated carbocycles. The first kappa shape index (κ1) is 18.8. The van der Waals surface area contributed by atoms with Gasteiger partial charge in [-0.05, 0) is 47.6 Å². The molecule has 154 valence electrons. The monoisotopic (exact) mass is 410 g/mol. The van der Waals surface area contributed by atoms with Crippen molar-refractivity contribution < 1.29 is 23.8 Å². The molecule has 7 nitrogen and oxygen atoms in total. The summed E-state index contributed by atoms with van der Waals surface area (Å²) in [6, 6.07) is 11.1. The molecule has 0 spiro atoms. The quantitative estimate of drug-likeness (QED) is 0.597. The van der Waals surface area contributed by atoms with Crippen LogP contribution in [-0.2, 0) is 0 Å². The molecule has 2 aliphatic rings. The van der Waals surface area contributed by atoms with E-state index in [0.29, 0.717) is 29.0 Å². The van der Waals surface area contributed by atoms with E-state index in [2.05, 4.69) is 4.98 Å². The summed E-state index contributed by atoms with van der Waals surface area (Å²) in [5.41, 5.74) is 1.08. The summed E-state index contributed by atoms with van der Waals surface area (Å²) in [6.07, 6.45) is 2.46. The van der Waals surface area contributed by atoms with Crippen LogP contribution in [0.15, 0.2) is 75.2 Å². The zero-order chi connectivity index (χ0) is 20.9. The lowest BCUT2D eigenvalue weighted by atomic mass is 10.0. The summed E-state index contributed by atoms with van der Waals surface area (Å²) in [6.45, 7) is 1.01. The zero-order valence-corrected chi connectivity index (χ0v) is 15.8. The van der Waals surface area contributed by atoms with E-state index >= 15 is 0 Å². The third-order valence-corrected chi connectivity index (χ3v) is 5.44. The number of ether oxygens (including phenoxy) is 1. The predicted octanol–water partition coefficient (Wildman–Crippen LogP) is 2.24. The Bertz CT molecular complexity index is 1240. The number of aromatic amines is 1. The van der Waals surface area contributed by atoms with Gasteiger partial charge in [0.2, 0.25) is 0 Å². The number of allylic oxidation sites excluding steroid dienone is 1. The lowest BCUT2D eigenvalue weighted by Gasteiger charge is -2.22. The topological polar surface area (TPSA) is 98.9 Å². The minimum atomic E-state index is -1.21. The maximum absolute atomic E-state index is 13.8. The van der Waals surface area contributed by atoms with Crippen LogP contribution in [0, 0.1) is 5.82 Å². The largest absolute Gasteiger partial charge is 0.455 e. The summed E-state index contributed by atoms with van der Waals surface area (Å²) in [7, 11) is 0. The standard InChI is InChI=1S/C22H19FN2O5/c23-16-3-1-2-4-19(16)29-15-8-14-10-25(12-22(14,28)9-15)11-18(26)13-5-6-17-20(7-13)30-21(27)24-17/h1-9,18,26,28H,10-12H2,(H,24,27)/t18-,22-/m1/s1. The van der Waals surface area contributed by atoms with E-state index in [1.165, 1.54) is 12.1 Å². The molecule has 3 aromatic rings. The Balaban J connectivity index is 1.27. The van der Waals surface area contributed by atoms with E-state index in [1.54, 1.807) is 42.5 Å². The first-order valence-electron chi connectivity index (χ1n) is 9.51. The van der Waals surface area contributed by atoms with Crippen molar-refractivity contribution in [2.24, 2.45) is 0 Å². The minimum Gasteiger partial charge on any atom is -0.455 e. The molecule has 2 aromatic carbocycles. The predicted molar refractivity (Wildman–Crippen MR) is 106 cm³/mol. The number of aromatic nitrogens is 1. The Morgan fingerprint density at radius 3 is 2.93 bits per heavy atom. The average molecular weight is 410 g/mol. The Kier molecular flexibility index (Phi) is 4.35. The van der Waals surface area contributed by atoms with Crippen LogP contribution in [0.4, 0.5) is 4.39 Å². The van der Waals surface area contributed by atoms with Gasteiger partial charge in [0.05, 0.1) is 11.6 Å². The lowest BCUT2D eigenvalue weighted by molar-refractivity contribution is 0.0905. The third-order valence-electron chi connectivity index (χ3n) is 5.44. The number of likely N-dealkylation sites (tertiary alicyclic amines) is 1. The van der Waals surface area contributed by atoms with Crippen LogP contribution >= 0.6 is 0 Å². The first-order chi connectivity index (χ1) is 14.4. The smallest absolute Gasteiger partial charge is 0.417 e. The Morgan fingerprint density at radius 1 is 1.30 bits per heavy atom. The zero-order valence-electron chi connectivity index (χ0n) is 15.8. The number of aliphatic hydroxyl groups is 2. The van der Waals surface area contributed by atoms with E-state index < -0.39 is 23.3 Å². The average Bonchev–Trinajstić information content (AvgIpc) is 3.30. The highest BCUT2D eigenvalue weighted by molar-refractivity contribution is 5.72. The molecule has 1 fully saturated rings. The third kappa shape index (κ3) is 3.35. The van der Waals surface area contributed by atoms with Crippen LogP contribution in [0.3, 0.4) is 0 Å². The van der Waals surface area contributed by atoms with Crippen molar-refractivity contribution in [3.8, 4) is 5.75 Å². The highest BCUT2D eigenvalue weighted by atomic mass is 19.1. The van der Waals surface area contributed by atoms with E-state index in [0.717, 1.165) is 5.57 Å². The maximum Gasteiger partial charge on any atom is 0.417 e. The molecule has 1 aliphatic heterocycles. The van der Waals surface area contributed by atoms with Gasteiger partial charge in [0.15, 0.2) is 17.1 Å². The lowest BCUT2D eigenvalue weighted by Crippen LogP contribution is -2.33. The minimum absolute atomic E-state index is 0.100. The normalized spacial score (nSPS) is 22.1. The first-order valence-corrected chi connectivity index (χ1v) is 9.51. The van der Waals surface area contributed by atoms with Crippen LogP contribution < -0.4 is 10.5 Å². The Labute approximate surface area is 170 Å². The van der Waals surface area contributed by atoms with Crippen molar-refractivity contribution in [1.29, 1.82) is 0 Å². The molecule has 30 heavy (non-hydrogen) atoms. The van der Waals surface area contributed by atoms with E-state index in [-0.39, 0.29) is 18.8 Å². The molecule has 1 saturated heterocycles. The van der Waals surface area contributed by atoms with Gasteiger partial charge in [-0.2, -0.15) is 0 Å². The van der Waals surface area contributed by atoms with Crippen molar-refractivity contribution in [1.82, 2.24) is 9.88 Å². The molecule has 3 N–H and O–H groups in total. The van der Waals surface area contributed by atoms with Gasteiger partial charge in [0, 0.05) is 19.6 Å². The summed E-state index contributed by atoms with van der Waals surface area (Å²) < 4.78 is 24.4. The number of halogens is 1. The van der Waals surface area contributed by atoms with Crippen molar-refractivity contribution >= 4 is 11.1 Å². The maximum atomic E-state index is 13.8. The van der Waals surface area contributed by atoms with Gasteiger partial charge in [-0.15, -0.1) is 0 Å². The van der Waals surface area contributed by atoms with Gasteiger partial charge in [-0.25, -0.2) is 9.18 Å². The van der Waals surface area contributed by atoms with Crippen LogP contribution in [0.5, 0.6) is 5.75 Å². The van der Waals surface area contributed by atoms with Crippen LogP contribution in [0.1, 0.15) is 11.7 Å². The molecule has 0 bridgehead atoms. The number of aliphatic hydroxyl groups excluding tert-OH is 1. The highest BCUT2D eigenvalue weighted by Crippen LogP contribution is 2.37. The van der Waals surface area contributed by atoms with Gasteiger partial charge in [0.1, 0.15) is 11.4 Å². The molecule has 2 heterocycles. The number of fused-ring (bicyclic) bond motifs is 2. The molecule has 0 radical (unpaired) electrons. The summed E-state index contributed by atoms with van der Waals surface area (Å²) in [5, 5.41) is 21.6. The summed E-state index contributed by atoms with van der Waals surface area (Å²) in [5.74, 6) is -0.520. The van der Waals surface area contributed by atoms with Crippen molar-refractivity contribution in [2.75, 3.05) is 19.6 Å². The number of β-amino-alcohol motifs (C(OH)–C–C–N with tert-alkyl or cyclic N) is 2. The van der Waals surface area contributed by atoms with Crippen LogP contribution in [-0.4, -0.2) is 45.3 Å². The number of para-hydroxylation sites is 1. The van der Waals surface area contributed by atoms with Crippen LogP contribution in [0.25, 0.3) is 11.1 Å². The molecule has 2 atom stereocenters. The van der Waals surface area contributed by atoms with Crippen molar-refractivity contribution in [3.05, 3.63) is 87.9 Å². The number of H-pyrrole nitrogens is 1. The second kappa shape index (κ2) is 6.94. The number of nitrogens with zero attached hydrogens (tertiary/aromatic N) is 1. The second-order valence-corrected chi connectivity index (χ2v) is 7.63. The Morgan fingerprint density at radius 2 is 2.13 bits per heavy atom. The fourth-order valence-corrected chi connectivity index (χ4v) is 4.00. The van der Waals surface area contributed by atoms with Crippen LogP contribution in [0.2, 0.25) is 0 Å². The van der Waals surface area contributed by atoms with Gasteiger partial charge >= 0.3 is 5.76 Å². The number of oxazole rings is 1. The van der Waals surface area contributed by atoms with Gasteiger partial charge in [0.25, 0.3) is 0 Å². The number of nitrogens with one attached hydrogen (secondary N) is 1. The van der Waals surface area contributed by atoms with E-state index in [4.69, 9.17) is 9.15 Å². The second-order valence-electron chi connectivity index (χ2n) is 7.63. The van der Waals surface area contributed by atoms with Crippen molar-refractivity contribution in [3.63, 3.8) is 0 Å². The molecule has 1 aliphatic carbocycles. The van der Waals surface area contributed by atoms with Gasteiger partial charge in [-0.1, -0.05) is 18.2 Å².